The van der Waals surface area contributed by atoms with Crippen LogP contribution in [0.2, 0.25) is 0 Å². The number of aromatic nitrogens is 1. The fourth-order valence-electron chi connectivity index (χ4n) is 2.52. The number of rotatable bonds is 7. The number of anilines is 1. The summed E-state index contributed by atoms with van der Waals surface area (Å²) in [6.45, 7) is -0.296. The number of benzene rings is 1. The highest BCUT2D eigenvalue weighted by Crippen LogP contribution is 2.34. The van der Waals surface area contributed by atoms with Crippen LogP contribution in [0.5, 0.6) is 11.5 Å². The van der Waals surface area contributed by atoms with E-state index in [9.17, 15) is 9.59 Å². The molecule has 26 heavy (non-hydrogen) atoms. The molecule has 7 nitrogen and oxygen atoms in total. The third kappa shape index (κ3) is 4.13. The number of amides is 1. The number of carbonyl (C=O) groups is 2. The van der Waals surface area contributed by atoms with Gasteiger partial charge in [-0.2, -0.15) is 0 Å². The molecule has 1 heterocycles. The lowest BCUT2D eigenvalue weighted by molar-refractivity contribution is -0.154. The quantitative estimate of drug-likeness (QED) is 0.747. The molecule has 1 saturated carbocycles. The van der Waals surface area contributed by atoms with Crippen LogP contribution in [-0.4, -0.2) is 37.7 Å². The highest BCUT2D eigenvalue weighted by molar-refractivity contribution is 7.14. The van der Waals surface area contributed by atoms with Gasteiger partial charge in [-0.15, -0.1) is 11.3 Å². The molecule has 1 fully saturated rings. The molecule has 0 atom stereocenters. The number of nitrogens with zero attached hydrogens (tertiary/aromatic N) is 1. The van der Waals surface area contributed by atoms with Gasteiger partial charge in [-0.3, -0.25) is 14.9 Å². The summed E-state index contributed by atoms with van der Waals surface area (Å²) in [6.07, 6.45) is 2.74. The molecular weight excluding hydrogens is 356 g/mol. The first-order valence-corrected chi connectivity index (χ1v) is 9.13. The lowest BCUT2D eigenvalue weighted by atomic mass is 9.86. The van der Waals surface area contributed by atoms with E-state index in [0.29, 0.717) is 22.3 Å². The molecule has 0 spiro atoms. The zero-order chi connectivity index (χ0) is 18.5. The first-order valence-electron chi connectivity index (χ1n) is 8.25. The van der Waals surface area contributed by atoms with Crippen molar-refractivity contribution in [2.24, 2.45) is 5.92 Å². The first kappa shape index (κ1) is 18.2. The van der Waals surface area contributed by atoms with E-state index in [4.69, 9.17) is 14.2 Å². The Morgan fingerprint density at radius 3 is 2.73 bits per heavy atom. The van der Waals surface area contributed by atoms with Gasteiger partial charge in [0.05, 0.1) is 25.8 Å². The number of hydrogen-bond acceptors (Lipinski definition) is 7. The van der Waals surface area contributed by atoms with Crippen molar-refractivity contribution >= 4 is 28.3 Å². The molecule has 1 aromatic heterocycles. The van der Waals surface area contributed by atoms with Gasteiger partial charge in [0, 0.05) is 17.0 Å². The summed E-state index contributed by atoms with van der Waals surface area (Å²) in [5.74, 6) is 0.566. The molecule has 0 bridgehead atoms. The standard InChI is InChI=1S/C18H20N2O5S/c1-23-12-6-7-13(15(8-12)24-2)14-10-26-18(19-14)20-16(21)9-25-17(22)11-4-3-5-11/h6-8,10-11H,3-5,9H2,1-2H3,(H,19,20,21). The van der Waals surface area contributed by atoms with Crippen molar-refractivity contribution < 1.29 is 23.8 Å². The van der Waals surface area contributed by atoms with Gasteiger partial charge in [-0.05, 0) is 25.0 Å². The maximum atomic E-state index is 11.9. The second kappa shape index (κ2) is 8.18. The SMILES string of the molecule is COc1ccc(-c2csc(NC(=O)COC(=O)C3CCC3)n2)c(OC)c1. The highest BCUT2D eigenvalue weighted by Gasteiger charge is 2.27. The van der Waals surface area contributed by atoms with E-state index >= 15 is 0 Å². The van der Waals surface area contributed by atoms with Crippen LogP contribution in [0.25, 0.3) is 11.3 Å². The monoisotopic (exact) mass is 376 g/mol. The molecule has 1 N–H and O–H groups in total. The van der Waals surface area contributed by atoms with E-state index in [0.717, 1.165) is 24.8 Å². The Morgan fingerprint density at radius 2 is 2.08 bits per heavy atom. The fraction of sp³-hybridized carbons (Fsp3) is 0.389. The second-order valence-electron chi connectivity index (χ2n) is 5.89. The molecule has 0 saturated heterocycles. The Balaban J connectivity index is 1.60. The zero-order valence-corrected chi connectivity index (χ0v) is 15.4. The normalized spacial score (nSPS) is 13.6. The van der Waals surface area contributed by atoms with Gasteiger partial charge >= 0.3 is 5.97 Å². The molecule has 0 aliphatic heterocycles. The van der Waals surface area contributed by atoms with E-state index in [1.165, 1.54) is 11.3 Å². The van der Waals surface area contributed by atoms with Crippen LogP contribution in [0.1, 0.15) is 19.3 Å². The van der Waals surface area contributed by atoms with Crippen LogP contribution in [0.15, 0.2) is 23.6 Å². The minimum absolute atomic E-state index is 0.0446. The minimum Gasteiger partial charge on any atom is -0.497 e. The Kier molecular flexibility index (Phi) is 5.72. The van der Waals surface area contributed by atoms with Gasteiger partial charge in [0.15, 0.2) is 11.7 Å². The summed E-state index contributed by atoms with van der Waals surface area (Å²) in [4.78, 5) is 28.0. The van der Waals surface area contributed by atoms with Crippen LogP contribution in [0.3, 0.4) is 0 Å². The van der Waals surface area contributed by atoms with Gasteiger partial charge in [0.1, 0.15) is 11.5 Å². The molecule has 8 heteroatoms. The Bertz CT molecular complexity index is 801. The Labute approximate surface area is 155 Å². The van der Waals surface area contributed by atoms with Gasteiger partial charge in [-0.25, -0.2) is 4.98 Å². The van der Waals surface area contributed by atoms with Crippen molar-refractivity contribution in [1.82, 2.24) is 4.98 Å². The van der Waals surface area contributed by atoms with E-state index in [1.54, 1.807) is 20.3 Å². The maximum Gasteiger partial charge on any atom is 0.309 e. The smallest absolute Gasteiger partial charge is 0.309 e. The molecule has 1 amide bonds. The topological polar surface area (TPSA) is 86.8 Å². The van der Waals surface area contributed by atoms with Crippen molar-refractivity contribution in [2.45, 2.75) is 19.3 Å². The number of methoxy groups -OCH3 is 2. The Morgan fingerprint density at radius 1 is 1.27 bits per heavy atom. The molecule has 2 aromatic rings. The molecule has 1 aromatic carbocycles. The van der Waals surface area contributed by atoms with E-state index in [-0.39, 0.29) is 18.5 Å². The van der Waals surface area contributed by atoms with Crippen LogP contribution in [0.4, 0.5) is 5.13 Å². The van der Waals surface area contributed by atoms with Gasteiger partial charge in [-0.1, -0.05) is 6.42 Å². The third-order valence-electron chi connectivity index (χ3n) is 4.22. The predicted octanol–water partition coefficient (Wildman–Crippen LogP) is 3.11. The van der Waals surface area contributed by atoms with E-state index < -0.39 is 5.91 Å². The number of thiazole rings is 1. The van der Waals surface area contributed by atoms with Crippen LogP contribution in [0, 0.1) is 5.92 Å². The van der Waals surface area contributed by atoms with Crippen molar-refractivity contribution in [2.75, 3.05) is 26.1 Å². The summed E-state index contributed by atoms with van der Waals surface area (Å²) >= 11 is 1.29. The second-order valence-corrected chi connectivity index (χ2v) is 6.75. The van der Waals surface area contributed by atoms with Crippen LogP contribution < -0.4 is 14.8 Å². The maximum absolute atomic E-state index is 11.9. The lowest BCUT2D eigenvalue weighted by Gasteiger charge is -2.22. The molecule has 0 radical (unpaired) electrons. The van der Waals surface area contributed by atoms with Crippen molar-refractivity contribution in [3.05, 3.63) is 23.6 Å². The van der Waals surface area contributed by atoms with Crippen molar-refractivity contribution in [1.29, 1.82) is 0 Å². The average Bonchev–Trinajstić information content (AvgIpc) is 3.06. The van der Waals surface area contributed by atoms with Gasteiger partial charge in [0.25, 0.3) is 5.91 Å². The first-order chi connectivity index (χ1) is 12.6. The number of hydrogen-bond donors (Lipinski definition) is 1. The minimum atomic E-state index is -0.403. The molecule has 3 rings (SSSR count). The number of nitrogens with one attached hydrogen (secondary N) is 1. The Hall–Kier alpha value is -2.61. The fourth-order valence-corrected chi connectivity index (χ4v) is 3.25. The van der Waals surface area contributed by atoms with Crippen molar-refractivity contribution in [3.8, 4) is 22.8 Å². The number of carbonyl (C=O) groups excluding carboxylic acids is 2. The van der Waals surface area contributed by atoms with E-state index in [2.05, 4.69) is 10.3 Å². The number of ether oxygens (including phenoxy) is 3. The molecular formula is C18H20N2O5S. The summed E-state index contributed by atoms with van der Waals surface area (Å²) < 4.78 is 15.6. The molecule has 1 aliphatic carbocycles. The van der Waals surface area contributed by atoms with Gasteiger partial charge < -0.3 is 14.2 Å². The van der Waals surface area contributed by atoms with Crippen LogP contribution in [-0.2, 0) is 14.3 Å². The zero-order valence-electron chi connectivity index (χ0n) is 14.6. The van der Waals surface area contributed by atoms with E-state index in [1.807, 2.05) is 17.5 Å². The molecule has 138 valence electrons. The largest absolute Gasteiger partial charge is 0.497 e. The third-order valence-corrected chi connectivity index (χ3v) is 4.98. The summed E-state index contributed by atoms with van der Waals surface area (Å²) in [6, 6.07) is 5.43. The summed E-state index contributed by atoms with van der Waals surface area (Å²) in [5, 5.41) is 4.90. The van der Waals surface area contributed by atoms with Crippen LogP contribution >= 0.6 is 11.3 Å². The molecule has 1 aliphatic rings. The molecule has 0 unspecified atom stereocenters. The average molecular weight is 376 g/mol. The summed E-state index contributed by atoms with van der Waals surface area (Å²) in [7, 11) is 3.16. The number of esters is 1. The predicted molar refractivity (Wildman–Crippen MR) is 97.6 cm³/mol. The van der Waals surface area contributed by atoms with Crippen molar-refractivity contribution in [3.63, 3.8) is 0 Å². The highest BCUT2D eigenvalue weighted by atomic mass is 32.1. The summed E-state index contributed by atoms with van der Waals surface area (Å²) in [5.41, 5.74) is 1.47. The van der Waals surface area contributed by atoms with Gasteiger partial charge in [0.2, 0.25) is 0 Å². The lowest BCUT2D eigenvalue weighted by Crippen LogP contribution is -2.28.